The lowest BCUT2D eigenvalue weighted by atomic mass is 9.81. The van der Waals surface area contributed by atoms with Crippen LogP contribution in [0.15, 0.2) is 24.3 Å². The van der Waals surface area contributed by atoms with Crippen molar-refractivity contribution in [2.75, 3.05) is 11.9 Å². The summed E-state index contributed by atoms with van der Waals surface area (Å²) in [4.78, 5) is 49.5. The zero-order valence-corrected chi connectivity index (χ0v) is 14.3. The zero-order valence-electron chi connectivity index (χ0n) is 14.3. The molecule has 1 heterocycles. The average molecular weight is 342 g/mol. The standard InChI is InChI=1S/C19H22N2O4/c1-12(22)13-5-4-6-14(11-13)20-17(23)9-10-21-18(24)15-7-2-3-8-16(15)19(21)25/h4-6,11,15-16H,2-3,7-10H2,1H3,(H,20,23)/t15-,16-/m0/s1. The predicted octanol–water partition coefficient (Wildman–Crippen LogP) is 2.39. The summed E-state index contributed by atoms with van der Waals surface area (Å²) in [6.07, 6.45) is 3.58. The van der Waals surface area contributed by atoms with Gasteiger partial charge in [-0.05, 0) is 31.9 Å². The molecule has 132 valence electrons. The lowest BCUT2D eigenvalue weighted by Gasteiger charge is -2.19. The van der Waals surface area contributed by atoms with Gasteiger partial charge in [-0.1, -0.05) is 25.0 Å². The Morgan fingerprint density at radius 1 is 1.12 bits per heavy atom. The largest absolute Gasteiger partial charge is 0.326 e. The van der Waals surface area contributed by atoms with E-state index in [0.717, 1.165) is 25.7 Å². The van der Waals surface area contributed by atoms with Crippen molar-refractivity contribution in [3.05, 3.63) is 29.8 Å². The maximum absolute atomic E-state index is 12.4. The Morgan fingerprint density at radius 3 is 2.36 bits per heavy atom. The van der Waals surface area contributed by atoms with Gasteiger partial charge in [0, 0.05) is 24.2 Å². The number of benzene rings is 1. The summed E-state index contributed by atoms with van der Waals surface area (Å²) >= 11 is 0. The molecule has 1 aromatic carbocycles. The minimum Gasteiger partial charge on any atom is -0.326 e. The summed E-state index contributed by atoms with van der Waals surface area (Å²) in [7, 11) is 0. The van der Waals surface area contributed by atoms with Crippen LogP contribution in [0.1, 0.15) is 49.4 Å². The van der Waals surface area contributed by atoms with Crippen LogP contribution in [0.3, 0.4) is 0 Å². The molecule has 0 aromatic heterocycles. The van der Waals surface area contributed by atoms with Gasteiger partial charge in [0.05, 0.1) is 11.8 Å². The van der Waals surface area contributed by atoms with Crippen molar-refractivity contribution in [3.8, 4) is 0 Å². The monoisotopic (exact) mass is 342 g/mol. The molecule has 0 spiro atoms. The number of amides is 3. The molecule has 1 aliphatic heterocycles. The fraction of sp³-hybridized carbons (Fsp3) is 0.474. The Labute approximate surface area is 146 Å². The lowest BCUT2D eigenvalue weighted by molar-refractivity contribution is -0.140. The molecule has 0 unspecified atom stereocenters. The third kappa shape index (κ3) is 3.62. The zero-order chi connectivity index (χ0) is 18.0. The first kappa shape index (κ1) is 17.3. The molecule has 6 nitrogen and oxygen atoms in total. The van der Waals surface area contributed by atoms with Crippen molar-refractivity contribution in [1.82, 2.24) is 4.90 Å². The van der Waals surface area contributed by atoms with Crippen LogP contribution >= 0.6 is 0 Å². The van der Waals surface area contributed by atoms with Crippen molar-refractivity contribution in [2.45, 2.75) is 39.0 Å². The number of Topliss-reactive ketones (excluding diaryl/α,β-unsaturated/α-hetero) is 1. The quantitative estimate of drug-likeness (QED) is 0.658. The number of imide groups is 1. The molecule has 2 atom stereocenters. The highest BCUT2D eigenvalue weighted by Gasteiger charge is 2.47. The number of fused-ring (bicyclic) bond motifs is 1. The highest BCUT2D eigenvalue weighted by Crippen LogP contribution is 2.37. The first-order valence-electron chi connectivity index (χ1n) is 8.73. The maximum atomic E-state index is 12.4. The highest BCUT2D eigenvalue weighted by molar-refractivity contribution is 6.05. The number of likely N-dealkylation sites (tertiary alicyclic amines) is 1. The fourth-order valence-electron chi connectivity index (χ4n) is 3.70. The molecule has 3 rings (SSSR count). The molecule has 2 fully saturated rings. The van der Waals surface area contributed by atoms with E-state index < -0.39 is 0 Å². The molecule has 2 aliphatic rings. The number of hydrogen-bond donors (Lipinski definition) is 1. The van der Waals surface area contributed by atoms with Crippen molar-refractivity contribution < 1.29 is 19.2 Å². The van der Waals surface area contributed by atoms with Gasteiger partial charge in [-0.2, -0.15) is 0 Å². The van der Waals surface area contributed by atoms with Gasteiger partial charge in [0.2, 0.25) is 17.7 Å². The minimum absolute atomic E-state index is 0.0568. The van der Waals surface area contributed by atoms with E-state index in [2.05, 4.69) is 5.32 Å². The Kier molecular flexibility index (Phi) is 4.97. The van der Waals surface area contributed by atoms with Gasteiger partial charge >= 0.3 is 0 Å². The normalized spacial score (nSPS) is 22.7. The molecule has 1 aliphatic carbocycles. The third-order valence-corrected chi connectivity index (χ3v) is 5.05. The SMILES string of the molecule is CC(=O)c1cccc(NC(=O)CCN2C(=O)[C@H]3CCCC[C@@H]3C2=O)c1. The van der Waals surface area contributed by atoms with Crippen LogP contribution in [0.2, 0.25) is 0 Å². The van der Waals surface area contributed by atoms with Crippen LogP contribution in [-0.2, 0) is 14.4 Å². The molecule has 1 aromatic rings. The van der Waals surface area contributed by atoms with Crippen molar-refractivity contribution in [1.29, 1.82) is 0 Å². The first-order valence-corrected chi connectivity index (χ1v) is 8.73. The Hall–Kier alpha value is -2.50. The number of nitrogens with zero attached hydrogens (tertiary/aromatic N) is 1. The lowest BCUT2D eigenvalue weighted by Crippen LogP contribution is -2.34. The summed E-state index contributed by atoms with van der Waals surface area (Å²) in [6, 6.07) is 6.69. The van der Waals surface area contributed by atoms with Gasteiger partial charge in [-0.3, -0.25) is 24.1 Å². The average Bonchev–Trinajstić information content (AvgIpc) is 2.85. The molecule has 0 radical (unpaired) electrons. The van der Waals surface area contributed by atoms with Gasteiger partial charge in [-0.25, -0.2) is 0 Å². The molecule has 1 N–H and O–H groups in total. The number of ketones is 1. The molecular formula is C19H22N2O4. The number of nitrogens with one attached hydrogen (secondary N) is 1. The topological polar surface area (TPSA) is 83.6 Å². The van der Waals surface area contributed by atoms with Crippen LogP contribution in [0.5, 0.6) is 0 Å². The molecule has 0 bridgehead atoms. The minimum atomic E-state index is -0.281. The van der Waals surface area contributed by atoms with E-state index >= 15 is 0 Å². The highest BCUT2D eigenvalue weighted by atomic mass is 16.2. The second kappa shape index (κ2) is 7.17. The van der Waals surface area contributed by atoms with Crippen molar-refractivity contribution in [2.24, 2.45) is 11.8 Å². The van der Waals surface area contributed by atoms with E-state index in [-0.39, 0.29) is 48.3 Å². The van der Waals surface area contributed by atoms with Crippen LogP contribution in [0.4, 0.5) is 5.69 Å². The summed E-state index contributed by atoms with van der Waals surface area (Å²) in [5.41, 5.74) is 1.05. The molecule has 1 saturated carbocycles. The maximum Gasteiger partial charge on any atom is 0.233 e. The molecule has 6 heteroatoms. The van der Waals surface area contributed by atoms with E-state index in [0.29, 0.717) is 11.3 Å². The van der Waals surface area contributed by atoms with E-state index in [4.69, 9.17) is 0 Å². The second-order valence-corrected chi connectivity index (χ2v) is 6.76. The van der Waals surface area contributed by atoms with E-state index in [1.54, 1.807) is 24.3 Å². The summed E-state index contributed by atoms with van der Waals surface area (Å²) < 4.78 is 0. The van der Waals surface area contributed by atoms with Gasteiger partial charge in [-0.15, -0.1) is 0 Å². The van der Waals surface area contributed by atoms with Crippen LogP contribution in [0.25, 0.3) is 0 Å². The third-order valence-electron chi connectivity index (χ3n) is 5.05. The number of rotatable bonds is 5. The smallest absolute Gasteiger partial charge is 0.233 e. The molecule has 25 heavy (non-hydrogen) atoms. The van der Waals surface area contributed by atoms with Gasteiger partial charge < -0.3 is 5.32 Å². The fourth-order valence-corrected chi connectivity index (χ4v) is 3.70. The first-order chi connectivity index (χ1) is 12.0. The van der Waals surface area contributed by atoms with E-state index in [1.807, 2.05) is 0 Å². The Balaban J connectivity index is 1.57. The number of carbonyl (C=O) groups is 4. The number of carbonyl (C=O) groups excluding carboxylic acids is 4. The van der Waals surface area contributed by atoms with Crippen molar-refractivity contribution >= 4 is 29.2 Å². The van der Waals surface area contributed by atoms with E-state index in [1.165, 1.54) is 11.8 Å². The second-order valence-electron chi connectivity index (χ2n) is 6.76. The summed E-state index contributed by atoms with van der Waals surface area (Å²) in [5, 5.41) is 2.71. The number of hydrogen-bond acceptors (Lipinski definition) is 4. The van der Waals surface area contributed by atoms with Crippen LogP contribution in [0, 0.1) is 11.8 Å². The van der Waals surface area contributed by atoms with Gasteiger partial charge in [0.25, 0.3) is 0 Å². The van der Waals surface area contributed by atoms with Crippen LogP contribution < -0.4 is 5.32 Å². The van der Waals surface area contributed by atoms with Gasteiger partial charge in [0.1, 0.15) is 0 Å². The predicted molar refractivity (Wildman–Crippen MR) is 91.9 cm³/mol. The van der Waals surface area contributed by atoms with E-state index in [9.17, 15) is 19.2 Å². The van der Waals surface area contributed by atoms with Gasteiger partial charge in [0.15, 0.2) is 5.78 Å². The number of anilines is 1. The Bertz CT molecular complexity index is 704. The van der Waals surface area contributed by atoms with Crippen molar-refractivity contribution in [3.63, 3.8) is 0 Å². The molecular weight excluding hydrogens is 320 g/mol. The Morgan fingerprint density at radius 2 is 1.76 bits per heavy atom. The molecule has 3 amide bonds. The summed E-state index contributed by atoms with van der Waals surface area (Å²) in [5.74, 6) is -0.974. The van der Waals surface area contributed by atoms with Crippen LogP contribution in [-0.4, -0.2) is 34.9 Å². The molecule has 1 saturated heterocycles. The summed E-state index contributed by atoms with van der Waals surface area (Å²) in [6.45, 7) is 1.58.